The van der Waals surface area contributed by atoms with Crippen molar-refractivity contribution in [2.75, 3.05) is 26.3 Å². The molecule has 0 saturated carbocycles. The van der Waals surface area contributed by atoms with Gasteiger partial charge in [0.1, 0.15) is 0 Å². The van der Waals surface area contributed by atoms with Crippen molar-refractivity contribution in [3.05, 3.63) is 0 Å². The quantitative estimate of drug-likeness (QED) is 0.431. The predicted molar refractivity (Wildman–Crippen MR) is 50.5 cm³/mol. The Hall–Kier alpha value is -0.131. The molecule has 0 aliphatic rings. The van der Waals surface area contributed by atoms with Crippen LogP contribution in [0.15, 0.2) is 0 Å². The molecule has 6 heteroatoms. The van der Waals surface area contributed by atoms with Crippen molar-refractivity contribution < 1.29 is 31.4 Å². The molecule has 3 N–H and O–H groups in total. The Morgan fingerprint density at radius 3 is 2.29 bits per heavy atom. The maximum Gasteiger partial charge on any atom is 0.322 e. The summed E-state index contributed by atoms with van der Waals surface area (Å²) in [5, 5.41) is 1.58. The molecule has 0 saturated heterocycles. The molecule has 0 aliphatic heterocycles. The first-order chi connectivity index (χ1) is 5.70. The predicted octanol–water partition coefficient (Wildman–Crippen LogP) is 0.982. The smallest absolute Gasteiger partial charge is 0.322 e. The van der Waals surface area contributed by atoms with E-state index in [4.69, 9.17) is 9.57 Å². The van der Waals surface area contributed by atoms with Crippen LogP contribution in [0.2, 0.25) is 0 Å². The van der Waals surface area contributed by atoms with Gasteiger partial charge in [-0.1, -0.05) is 0 Å². The SMILES string of the molecule is CCOCCN(CC)OC(C)=O.N.[Fe]. The van der Waals surface area contributed by atoms with Gasteiger partial charge in [-0.05, 0) is 13.8 Å². The van der Waals surface area contributed by atoms with Gasteiger partial charge < -0.3 is 15.7 Å². The number of rotatable bonds is 6. The van der Waals surface area contributed by atoms with Crippen molar-refractivity contribution in [2.24, 2.45) is 0 Å². The van der Waals surface area contributed by atoms with Gasteiger partial charge in [-0.3, -0.25) is 4.79 Å². The first kappa shape index (κ1) is 19.4. The van der Waals surface area contributed by atoms with Crippen LogP contribution in [0.5, 0.6) is 0 Å². The second-order valence-electron chi connectivity index (χ2n) is 2.30. The summed E-state index contributed by atoms with van der Waals surface area (Å²) < 4.78 is 5.11. The number of nitrogens with zero attached hydrogens (tertiary/aromatic N) is 1. The first-order valence-electron chi connectivity index (χ1n) is 4.21. The maximum atomic E-state index is 10.5. The van der Waals surface area contributed by atoms with Gasteiger partial charge in [0.25, 0.3) is 0 Å². The number of carbonyl (C=O) groups excluding carboxylic acids is 1. The Bertz CT molecular complexity index is 136. The van der Waals surface area contributed by atoms with E-state index in [-0.39, 0.29) is 29.2 Å². The maximum absolute atomic E-state index is 10.5. The molecule has 0 radical (unpaired) electrons. The van der Waals surface area contributed by atoms with Crippen molar-refractivity contribution >= 4 is 5.97 Å². The average molecular weight is 248 g/mol. The van der Waals surface area contributed by atoms with Crippen LogP contribution in [0, 0.1) is 0 Å². The minimum absolute atomic E-state index is 0. The van der Waals surface area contributed by atoms with E-state index in [0.717, 1.165) is 0 Å². The van der Waals surface area contributed by atoms with E-state index in [2.05, 4.69) is 0 Å². The van der Waals surface area contributed by atoms with Crippen molar-refractivity contribution in [1.82, 2.24) is 11.2 Å². The Morgan fingerprint density at radius 1 is 1.36 bits per heavy atom. The molecule has 0 heterocycles. The molecule has 88 valence electrons. The standard InChI is InChI=1S/C8H17NO3.Fe.H3N/c1-4-9(12-8(3)10)6-7-11-5-2;;/h4-7H2,1-3H3;;1H3. The summed E-state index contributed by atoms with van der Waals surface area (Å²) in [6.07, 6.45) is 0. The second-order valence-corrected chi connectivity index (χ2v) is 2.30. The number of hydrogen-bond donors (Lipinski definition) is 1. The molecule has 0 unspecified atom stereocenters. The number of likely N-dealkylation sites (N-methyl/N-ethyl adjacent to an activating group) is 1. The van der Waals surface area contributed by atoms with Gasteiger partial charge in [0.2, 0.25) is 0 Å². The first-order valence-corrected chi connectivity index (χ1v) is 4.21. The molecule has 5 nitrogen and oxygen atoms in total. The molecular formula is C8H20FeN2O3. The Morgan fingerprint density at radius 2 is 1.93 bits per heavy atom. The van der Waals surface area contributed by atoms with Gasteiger partial charge in [-0.25, -0.2) is 0 Å². The third kappa shape index (κ3) is 11.9. The van der Waals surface area contributed by atoms with E-state index in [0.29, 0.717) is 26.3 Å². The van der Waals surface area contributed by atoms with E-state index in [1.54, 1.807) is 5.06 Å². The number of hydroxylamine groups is 2. The minimum Gasteiger partial charge on any atom is -0.380 e. The third-order valence-electron chi connectivity index (χ3n) is 1.30. The zero-order chi connectivity index (χ0) is 9.40. The minimum atomic E-state index is -0.284. The molecule has 0 amide bonds. The summed E-state index contributed by atoms with van der Waals surface area (Å²) in [4.78, 5) is 15.4. The van der Waals surface area contributed by atoms with Crippen molar-refractivity contribution in [3.8, 4) is 0 Å². The molecule has 0 spiro atoms. The van der Waals surface area contributed by atoms with Crippen molar-refractivity contribution in [1.29, 1.82) is 0 Å². The fourth-order valence-electron chi connectivity index (χ4n) is 0.761. The summed E-state index contributed by atoms with van der Waals surface area (Å²) >= 11 is 0. The fraction of sp³-hybridized carbons (Fsp3) is 0.875. The Kier molecular flexibility index (Phi) is 17.9. The number of carbonyl (C=O) groups is 1. The zero-order valence-corrected chi connectivity index (χ0v) is 10.2. The molecular weight excluding hydrogens is 228 g/mol. The van der Waals surface area contributed by atoms with Crippen LogP contribution < -0.4 is 6.15 Å². The van der Waals surface area contributed by atoms with Crippen LogP contribution >= 0.6 is 0 Å². The monoisotopic (exact) mass is 248 g/mol. The van der Waals surface area contributed by atoms with Crippen LogP contribution in [-0.4, -0.2) is 37.3 Å². The van der Waals surface area contributed by atoms with E-state index < -0.39 is 0 Å². The topological polar surface area (TPSA) is 73.8 Å². The second kappa shape index (κ2) is 12.9. The van der Waals surface area contributed by atoms with Gasteiger partial charge >= 0.3 is 5.97 Å². The number of ether oxygens (including phenoxy) is 1. The van der Waals surface area contributed by atoms with Gasteiger partial charge in [0.05, 0.1) is 13.2 Å². The molecule has 0 bridgehead atoms. The summed E-state index contributed by atoms with van der Waals surface area (Å²) in [6.45, 7) is 7.85. The Labute approximate surface area is 96.1 Å². The van der Waals surface area contributed by atoms with Crippen molar-refractivity contribution in [3.63, 3.8) is 0 Å². The number of hydrogen-bond acceptors (Lipinski definition) is 5. The van der Waals surface area contributed by atoms with Crippen LogP contribution in [0.4, 0.5) is 0 Å². The van der Waals surface area contributed by atoms with Gasteiger partial charge in [0.15, 0.2) is 0 Å². The van der Waals surface area contributed by atoms with Gasteiger partial charge in [0, 0.05) is 37.1 Å². The fourth-order valence-corrected chi connectivity index (χ4v) is 0.761. The molecule has 0 aliphatic carbocycles. The van der Waals surface area contributed by atoms with Crippen LogP contribution in [0.3, 0.4) is 0 Å². The van der Waals surface area contributed by atoms with Crippen LogP contribution in [-0.2, 0) is 31.4 Å². The largest absolute Gasteiger partial charge is 0.380 e. The van der Waals surface area contributed by atoms with Gasteiger partial charge in [-0.2, -0.15) is 0 Å². The van der Waals surface area contributed by atoms with E-state index in [1.165, 1.54) is 6.92 Å². The normalized spacial score (nSPS) is 8.86. The van der Waals surface area contributed by atoms with Crippen LogP contribution in [0.1, 0.15) is 20.8 Å². The van der Waals surface area contributed by atoms with E-state index in [1.807, 2.05) is 13.8 Å². The third-order valence-corrected chi connectivity index (χ3v) is 1.30. The summed E-state index contributed by atoms with van der Waals surface area (Å²) in [5.74, 6) is -0.284. The molecule has 0 fully saturated rings. The molecule has 0 rings (SSSR count). The molecule has 0 aromatic carbocycles. The zero-order valence-electron chi connectivity index (χ0n) is 9.06. The molecule has 14 heavy (non-hydrogen) atoms. The van der Waals surface area contributed by atoms with Gasteiger partial charge in [-0.15, -0.1) is 5.06 Å². The molecule has 0 aromatic heterocycles. The summed E-state index contributed by atoms with van der Waals surface area (Å²) in [7, 11) is 0. The molecule has 0 aromatic rings. The summed E-state index contributed by atoms with van der Waals surface area (Å²) in [5.41, 5.74) is 0. The van der Waals surface area contributed by atoms with Crippen molar-refractivity contribution in [2.45, 2.75) is 20.8 Å². The van der Waals surface area contributed by atoms with E-state index in [9.17, 15) is 4.79 Å². The Balaban J connectivity index is -0.000000605. The van der Waals surface area contributed by atoms with Crippen LogP contribution in [0.25, 0.3) is 0 Å². The van der Waals surface area contributed by atoms with E-state index >= 15 is 0 Å². The molecule has 0 atom stereocenters. The average Bonchev–Trinajstić information content (AvgIpc) is 2.02. The summed E-state index contributed by atoms with van der Waals surface area (Å²) in [6, 6.07) is 0.